The SMILES string of the molecule is CC(C)[C@@H]1C[C@@H](C(=O)N[C@H]2CC3CCC3=C(N)C2=O)N(C(=O)[C@@H](NC(=O)NC(C)(C)C)C(C)(C)C)C1. The summed E-state index contributed by atoms with van der Waals surface area (Å²) in [4.78, 5) is 54.5. The minimum Gasteiger partial charge on any atom is -0.396 e. The molecule has 1 saturated heterocycles. The average Bonchev–Trinajstić information content (AvgIpc) is 3.16. The summed E-state index contributed by atoms with van der Waals surface area (Å²) in [7, 11) is 0. The topological polar surface area (TPSA) is 134 Å². The lowest BCUT2D eigenvalue weighted by Crippen LogP contribution is -2.61. The monoisotopic (exact) mass is 503 g/mol. The third kappa shape index (κ3) is 6.03. The first-order valence-corrected chi connectivity index (χ1v) is 13.2. The van der Waals surface area contributed by atoms with Crippen LogP contribution in [0.2, 0.25) is 0 Å². The number of carbonyl (C=O) groups excluding carboxylic acids is 4. The van der Waals surface area contributed by atoms with Gasteiger partial charge in [0.05, 0.1) is 11.7 Å². The highest BCUT2D eigenvalue weighted by atomic mass is 16.2. The third-order valence-electron chi connectivity index (χ3n) is 7.76. The maximum atomic E-state index is 13.9. The van der Waals surface area contributed by atoms with Crippen LogP contribution in [-0.2, 0) is 14.4 Å². The van der Waals surface area contributed by atoms with E-state index < -0.39 is 35.1 Å². The molecule has 0 spiro atoms. The van der Waals surface area contributed by atoms with E-state index in [1.54, 1.807) is 4.90 Å². The summed E-state index contributed by atoms with van der Waals surface area (Å²) >= 11 is 0. The second-order valence-electron chi connectivity index (χ2n) is 13.2. The number of ketones is 1. The number of carbonyl (C=O) groups is 4. The molecule has 1 heterocycles. The molecular formula is C27H45N5O4. The van der Waals surface area contributed by atoms with Gasteiger partial charge in [-0.1, -0.05) is 34.6 Å². The number of Topliss-reactive ketones (excluding diaryl/α,β-unsaturated/α-hetero) is 1. The highest BCUT2D eigenvalue weighted by molar-refractivity contribution is 6.03. The Kier molecular flexibility index (Phi) is 7.82. The summed E-state index contributed by atoms with van der Waals surface area (Å²) in [5, 5.41) is 8.63. The Labute approximate surface area is 215 Å². The number of rotatable bonds is 5. The predicted octanol–water partition coefficient (Wildman–Crippen LogP) is 2.45. The average molecular weight is 504 g/mol. The third-order valence-corrected chi connectivity index (χ3v) is 7.76. The van der Waals surface area contributed by atoms with E-state index in [2.05, 4.69) is 29.8 Å². The van der Waals surface area contributed by atoms with Crippen molar-refractivity contribution in [3.63, 3.8) is 0 Å². The van der Waals surface area contributed by atoms with Crippen molar-refractivity contribution < 1.29 is 19.2 Å². The molecule has 202 valence electrons. The maximum absolute atomic E-state index is 13.9. The van der Waals surface area contributed by atoms with E-state index in [-0.39, 0.29) is 35.4 Å². The molecule has 1 aliphatic heterocycles. The molecule has 0 aromatic heterocycles. The predicted molar refractivity (Wildman–Crippen MR) is 139 cm³/mol. The fourth-order valence-electron chi connectivity index (χ4n) is 5.40. The van der Waals surface area contributed by atoms with Crippen molar-refractivity contribution in [1.29, 1.82) is 0 Å². The van der Waals surface area contributed by atoms with Crippen molar-refractivity contribution >= 4 is 23.6 Å². The minimum absolute atomic E-state index is 0.138. The Morgan fingerprint density at radius 1 is 1.06 bits per heavy atom. The number of hydrogen-bond acceptors (Lipinski definition) is 5. The Morgan fingerprint density at radius 2 is 1.69 bits per heavy atom. The molecule has 2 fully saturated rings. The van der Waals surface area contributed by atoms with E-state index in [0.29, 0.717) is 25.1 Å². The second kappa shape index (κ2) is 10.1. The van der Waals surface area contributed by atoms with Crippen molar-refractivity contribution in [2.45, 2.75) is 105 Å². The smallest absolute Gasteiger partial charge is 0.315 e. The first kappa shape index (κ1) is 28.0. The molecule has 36 heavy (non-hydrogen) atoms. The lowest BCUT2D eigenvalue weighted by molar-refractivity contribution is -0.142. The molecule has 5 N–H and O–H groups in total. The van der Waals surface area contributed by atoms with Gasteiger partial charge in [0.15, 0.2) is 0 Å². The van der Waals surface area contributed by atoms with E-state index in [4.69, 9.17) is 5.73 Å². The van der Waals surface area contributed by atoms with Crippen LogP contribution in [0.1, 0.15) is 81.1 Å². The second-order valence-corrected chi connectivity index (χ2v) is 13.2. The van der Waals surface area contributed by atoms with Crippen LogP contribution in [0.3, 0.4) is 0 Å². The van der Waals surface area contributed by atoms with Crippen LogP contribution in [-0.4, -0.2) is 58.7 Å². The summed E-state index contributed by atoms with van der Waals surface area (Å²) in [5.41, 5.74) is 6.34. The standard InChI is InChI=1S/C27H45N5O4/c1-14(2)16-12-19(23(34)29-18-11-15-9-10-17(15)20(28)21(18)33)32(13-16)24(35)22(26(3,4)5)30-25(36)31-27(6,7)8/h14-16,18-19,22H,9-13,28H2,1-8H3,(H,29,34)(H2,30,31,36)/t15?,16-,18+,19+,22-/m1/s1. The van der Waals surface area contributed by atoms with Gasteiger partial charge in [0.25, 0.3) is 0 Å². The Morgan fingerprint density at radius 3 is 2.19 bits per heavy atom. The molecule has 0 aromatic carbocycles. The summed E-state index contributed by atoms with van der Waals surface area (Å²) in [5.74, 6) is -0.167. The summed E-state index contributed by atoms with van der Waals surface area (Å²) in [6, 6.07) is -2.62. The van der Waals surface area contributed by atoms with Gasteiger partial charge in [-0.05, 0) is 75.2 Å². The zero-order chi connectivity index (χ0) is 27.2. The van der Waals surface area contributed by atoms with E-state index in [9.17, 15) is 19.2 Å². The van der Waals surface area contributed by atoms with Crippen LogP contribution >= 0.6 is 0 Å². The van der Waals surface area contributed by atoms with E-state index >= 15 is 0 Å². The van der Waals surface area contributed by atoms with Gasteiger partial charge in [0, 0.05) is 12.1 Å². The van der Waals surface area contributed by atoms with Gasteiger partial charge < -0.3 is 26.6 Å². The fourth-order valence-corrected chi connectivity index (χ4v) is 5.40. The van der Waals surface area contributed by atoms with E-state index in [1.165, 1.54) is 0 Å². The Bertz CT molecular complexity index is 943. The van der Waals surface area contributed by atoms with Crippen LogP contribution < -0.4 is 21.7 Å². The van der Waals surface area contributed by atoms with Gasteiger partial charge in [0.1, 0.15) is 12.1 Å². The number of urea groups is 1. The minimum atomic E-state index is -0.825. The zero-order valence-corrected chi connectivity index (χ0v) is 23.2. The first-order chi connectivity index (χ1) is 16.5. The highest BCUT2D eigenvalue weighted by Crippen LogP contribution is 2.42. The molecule has 5 atom stereocenters. The van der Waals surface area contributed by atoms with Gasteiger partial charge in [-0.3, -0.25) is 14.4 Å². The lowest BCUT2D eigenvalue weighted by atomic mass is 9.69. The Hall–Kier alpha value is -2.58. The molecule has 4 amide bonds. The van der Waals surface area contributed by atoms with Gasteiger partial charge in [-0.25, -0.2) is 4.79 Å². The molecule has 3 rings (SSSR count). The molecule has 1 saturated carbocycles. The largest absolute Gasteiger partial charge is 0.396 e. The van der Waals surface area contributed by atoms with Crippen LogP contribution in [0.15, 0.2) is 11.3 Å². The number of amides is 4. The number of allylic oxidation sites excluding steroid dienone is 1. The summed E-state index contributed by atoms with van der Waals surface area (Å²) in [6.45, 7) is 15.9. The number of hydrogen-bond donors (Lipinski definition) is 4. The van der Waals surface area contributed by atoms with Gasteiger partial charge in [0.2, 0.25) is 17.6 Å². The van der Waals surface area contributed by atoms with Crippen LogP contribution in [0.4, 0.5) is 4.79 Å². The van der Waals surface area contributed by atoms with Gasteiger partial charge >= 0.3 is 6.03 Å². The van der Waals surface area contributed by atoms with Crippen molar-refractivity contribution in [3.8, 4) is 0 Å². The first-order valence-electron chi connectivity index (χ1n) is 13.2. The number of nitrogens with two attached hydrogens (primary N) is 1. The van der Waals surface area contributed by atoms with Gasteiger partial charge in [-0.2, -0.15) is 0 Å². The van der Waals surface area contributed by atoms with Crippen LogP contribution in [0.5, 0.6) is 0 Å². The zero-order valence-electron chi connectivity index (χ0n) is 23.2. The van der Waals surface area contributed by atoms with E-state index in [1.807, 2.05) is 41.5 Å². The number of nitrogens with zero attached hydrogens (tertiary/aromatic N) is 1. The van der Waals surface area contributed by atoms with Crippen LogP contribution in [0, 0.1) is 23.2 Å². The molecule has 9 nitrogen and oxygen atoms in total. The number of likely N-dealkylation sites (tertiary alicyclic amines) is 1. The molecule has 3 aliphatic rings. The molecular weight excluding hydrogens is 458 g/mol. The van der Waals surface area contributed by atoms with Crippen molar-refractivity contribution in [2.24, 2.45) is 28.9 Å². The Balaban J connectivity index is 1.80. The lowest BCUT2D eigenvalue weighted by Gasteiger charge is -2.39. The maximum Gasteiger partial charge on any atom is 0.315 e. The van der Waals surface area contributed by atoms with Crippen molar-refractivity contribution in [1.82, 2.24) is 20.9 Å². The molecule has 0 radical (unpaired) electrons. The molecule has 1 unspecified atom stereocenters. The normalized spacial score (nSPS) is 27.4. The van der Waals surface area contributed by atoms with Crippen LogP contribution in [0.25, 0.3) is 0 Å². The quantitative estimate of drug-likeness (QED) is 0.457. The molecule has 0 aromatic rings. The summed E-state index contributed by atoms with van der Waals surface area (Å²) < 4.78 is 0. The van der Waals surface area contributed by atoms with Crippen molar-refractivity contribution in [2.75, 3.05) is 6.54 Å². The summed E-state index contributed by atoms with van der Waals surface area (Å²) in [6.07, 6.45) is 2.91. The van der Waals surface area contributed by atoms with E-state index in [0.717, 1.165) is 18.4 Å². The molecule has 0 bridgehead atoms. The molecule has 2 aliphatic carbocycles. The number of fused-ring (bicyclic) bond motifs is 1. The number of nitrogens with one attached hydrogen (secondary N) is 3. The highest BCUT2D eigenvalue weighted by Gasteiger charge is 2.47. The fraction of sp³-hybridized carbons (Fsp3) is 0.778. The van der Waals surface area contributed by atoms with Gasteiger partial charge in [-0.15, -0.1) is 0 Å². The van der Waals surface area contributed by atoms with Crippen molar-refractivity contribution in [3.05, 3.63) is 11.3 Å². The molecule has 9 heteroatoms.